The lowest BCUT2D eigenvalue weighted by atomic mass is 10.1. The van der Waals surface area contributed by atoms with Crippen LogP contribution in [0.5, 0.6) is 0 Å². The highest BCUT2D eigenvalue weighted by Crippen LogP contribution is 2.16. The summed E-state index contributed by atoms with van der Waals surface area (Å²) in [5.74, 6) is 1.18. The summed E-state index contributed by atoms with van der Waals surface area (Å²) in [5, 5.41) is 6.96. The van der Waals surface area contributed by atoms with Crippen LogP contribution in [-0.2, 0) is 6.42 Å². The third-order valence-electron chi connectivity index (χ3n) is 1.69. The summed E-state index contributed by atoms with van der Waals surface area (Å²) in [5.41, 5.74) is 2.46. The molecular formula is C8H13ClN2. The van der Waals surface area contributed by atoms with Crippen molar-refractivity contribution in [2.75, 3.05) is 5.88 Å². The fourth-order valence-electron chi connectivity index (χ4n) is 1.12. The molecule has 0 spiro atoms. The van der Waals surface area contributed by atoms with Gasteiger partial charge in [-0.25, -0.2) is 0 Å². The monoisotopic (exact) mass is 172 g/mol. The normalized spacial score (nSPS) is 10.9. The van der Waals surface area contributed by atoms with Crippen LogP contribution in [0.2, 0.25) is 0 Å². The number of aromatic amines is 1. The summed E-state index contributed by atoms with van der Waals surface area (Å²) in [6.07, 6.45) is 2.77. The lowest BCUT2D eigenvalue weighted by molar-refractivity contribution is 0.797. The lowest BCUT2D eigenvalue weighted by Crippen LogP contribution is -1.94. The molecule has 2 nitrogen and oxygen atoms in total. The maximum Gasteiger partial charge on any atom is 0.0522 e. The zero-order valence-electron chi connectivity index (χ0n) is 6.89. The number of rotatable bonds is 3. The van der Waals surface area contributed by atoms with E-state index in [0.717, 1.165) is 6.42 Å². The second kappa shape index (κ2) is 3.77. The Hall–Kier alpha value is -0.500. The van der Waals surface area contributed by atoms with Crippen LogP contribution in [0.15, 0.2) is 6.20 Å². The Bertz CT molecular complexity index is 218. The largest absolute Gasteiger partial charge is 0.282 e. The van der Waals surface area contributed by atoms with E-state index in [1.807, 2.05) is 6.20 Å². The van der Waals surface area contributed by atoms with Crippen LogP contribution >= 0.6 is 11.6 Å². The first-order valence-electron chi connectivity index (χ1n) is 3.83. The van der Waals surface area contributed by atoms with Gasteiger partial charge in [0.1, 0.15) is 0 Å². The molecule has 0 fully saturated rings. The Morgan fingerprint density at radius 1 is 1.64 bits per heavy atom. The van der Waals surface area contributed by atoms with Crippen molar-refractivity contribution in [1.29, 1.82) is 0 Å². The van der Waals surface area contributed by atoms with Crippen molar-refractivity contribution >= 4 is 11.6 Å². The SMILES string of the molecule is CC(C)c1[nH]ncc1CCCl. The molecule has 0 aromatic carbocycles. The van der Waals surface area contributed by atoms with E-state index < -0.39 is 0 Å². The van der Waals surface area contributed by atoms with E-state index in [1.54, 1.807) is 0 Å². The summed E-state index contributed by atoms with van der Waals surface area (Å²) in [4.78, 5) is 0. The fraction of sp³-hybridized carbons (Fsp3) is 0.625. The minimum atomic E-state index is 0.510. The van der Waals surface area contributed by atoms with Gasteiger partial charge < -0.3 is 0 Å². The summed E-state index contributed by atoms with van der Waals surface area (Å²) >= 11 is 5.63. The first-order valence-corrected chi connectivity index (χ1v) is 4.37. The van der Waals surface area contributed by atoms with Crippen molar-refractivity contribution in [3.63, 3.8) is 0 Å². The van der Waals surface area contributed by atoms with Gasteiger partial charge in [-0.15, -0.1) is 11.6 Å². The summed E-state index contributed by atoms with van der Waals surface area (Å²) in [7, 11) is 0. The van der Waals surface area contributed by atoms with Crippen LogP contribution in [0.25, 0.3) is 0 Å². The molecule has 1 heterocycles. The molecule has 0 saturated heterocycles. The predicted octanol–water partition coefficient (Wildman–Crippen LogP) is 2.31. The van der Waals surface area contributed by atoms with E-state index in [1.165, 1.54) is 11.3 Å². The van der Waals surface area contributed by atoms with Gasteiger partial charge in [-0.05, 0) is 17.9 Å². The third-order valence-corrected chi connectivity index (χ3v) is 1.88. The molecule has 0 amide bonds. The van der Waals surface area contributed by atoms with Crippen LogP contribution < -0.4 is 0 Å². The molecule has 3 heteroatoms. The molecule has 0 aliphatic rings. The van der Waals surface area contributed by atoms with E-state index >= 15 is 0 Å². The highest BCUT2D eigenvalue weighted by atomic mass is 35.5. The standard InChI is InChI=1S/C8H13ClN2/c1-6(2)8-7(3-4-9)5-10-11-8/h5-6H,3-4H2,1-2H3,(H,10,11). The van der Waals surface area contributed by atoms with Gasteiger partial charge in [0.05, 0.1) is 6.20 Å². The molecule has 1 N–H and O–H groups in total. The first-order chi connectivity index (χ1) is 5.25. The number of hydrogen-bond donors (Lipinski definition) is 1. The highest BCUT2D eigenvalue weighted by Gasteiger charge is 2.07. The number of nitrogens with one attached hydrogen (secondary N) is 1. The smallest absolute Gasteiger partial charge is 0.0522 e. The first kappa shape index (κ1) is 8.60. The molecule has 0 atom stereocenters. The number of nitrogens with zero attached hydrogens (tertiary/aromatic N) is 1. The predicted molar refractivity (Wildman–Crippen MR) is 47.1 cm³/mol. The van der Waals surface area contributed by atoms with Crippen LogP contribution in [-0.4, -0.2) is 16.1 Å². The maximum absolute atomic E-state index is 5.63. The number of halogens is 1. The van der Waals surface area contributed by atoms with Crippen LogP contribution in [0.1, 0.15) is 31.0 Å². The number of hydrogen-bond acceptors (Lipinski definition) is 1. The molecule has 0 aliphatic carbocycles. The third kappa shape index (κ3) is 1.96. The molecule has 0 unspecified atom stereocenters. The number of aryl methyl sites for hydroxylation is 1. The molecule has 1 rings (SSSR count). The maximum atomic E-state index is 5.63. The Morgan fingerprint density at radius 2 is 2.36 bits per heavy atom. The van der Waals surface area contributed by atoms with Crippen molar-refractivity contribution in [3.05, 3.63) is 17.5 Å². The molecule has 1 aromatic rings. The average molecular weight is 173 g/mol. The van der Waals surface area contributed by atoms with Crippen molar-refractivity contribution in [2.24, 2.45) is 0 Å². The van der Waals surface area contributed by atoms with Gasteiger partial charge in [0.15, 0.2) is 0 Å². The second-order valence-corrected chi connectivity index (χ2v) is 3.28. The summed E-state index contributed by atoms with van der Waals surface area (Å²) in [6.45, 7) is 4.29. The van der Waals surface area contributed by atoms with Crippen LogP contribution in [0.4, 0.5) is 0 Å². The van der Waals surface area contributed by atoms with Gasteiger partial charge in [-0.2, -0.15) is 5.10 Å². The van der Waals surface area contributed by atoms with Gasteiger partial charge in [0.25, 0.3) is 0 Å². The molecule has 0 bridgehead atoms. The van der Waals surface area contributed by atoms with E-state index in [9.17, 15) is 0 Å². The number of alkyl halides is 1. The van der Waals surface area contributed by atoms with Gasteiger partial charge >= 0.3 is 0 Å². The van der Waals surface area contributed by atoms with Crippen molar-refractivity contribution in [2.45, 2.75) is 26.2 Å². The Balaban J connectivity index is 2.78. The lowest BCUT2D eigenvalue weighted by Gasteiger charge is -2.03. The zero-order chi connectivity index (χ0) is 8.27. The van der Waals surface area contributed by atoms with Crippen LogP contribution in [0, 0.1) is 0 Å². The summed E-state index contributed by atoms with van der Waals surface area (Å²) in [6, 6.07) is 0. The van der Waals surface area contributed by atoms with Gasteiger partial charge in [-0.1, -0.05) is 13.8 Å². The van der Waals surface area contributed by atoms with Crippen molar-refractivity contribution < 1.29 is 0 Å². The molecular weight excluding hydrogens is 160 g/mol. The second-order valence-electron chi connectivity index (χ2n) is 2.90. The van der Waals surface area contributed by atoms with E-state index in [2.05, 4.69) is 24.0 Å². The number of H-pyrrole nitrogens is 1. The van der Waals surface area contributed by atoms with Gasteiger partial charge in [0, 0.05) is 11.6 Å². The van der Waals surface area contributed by atoms with Gasteiger partial charge in [0.2, 0.25) is 0 Å². The molecule has 0 saturated carbocycles. The minimum absolute atomic E-state index is 0.510. The quantitative estimate of drug-likeness (QED) is 0.697. The van der Waals surface area contributed by atoms with E-state index in [0.29, 0.717) is 11.8 Å². The van der Waals surface area contributed by atoms with Crippen LogP contribution in [0.3, 0.4) is 0 Å². The molecule has 0 radical (unpaired) electrons. The van der Waals surface area contributed by atoms with E-state index in [-0.39, 0.29) is 0 Å². The highest BCUT2D eigenvalue weighted by molar-refractivity contribution is 6.17. The summed E-state index contributed by atoms with van der Waals surface area (Å²) < 4.78 is 0. The Morgan fingerprint density at radius 3 is 2.91 bits per heavy atom. The van der Waals surface area contributed by atoms with Crippen molar-refractivity contribution in [1.82, 2.24) is 10.2 Å². The molecule has 62 valence electrons. The Labute approximate surface area is 72.0 Å². The average Bonchev–Trinajstić information content (AvgIpc) is 2.36. The number of aromatic nitrogens is 2. The topological polar surface area (TPSA) is 28.7 Å². The zero-order valence-corrected chi connectivity index (χ0v) is 7.65. The van der Waals surface area contributed by atoms with Gasteiger partial charge in [-0.3, -0.25) is 5.10 Å². The molecule has 1 aromatic heterocycles. The van der Waals surface area contributed by atoms with Crippen molar-refractivity contribution in [3.8, 4) is 0 Å². The molecule has 11 heavy (non-hydrogen) atoms. The van der Waals surface area contributed by atoms with E-state index in [4.69, 9.17) is 11.6 Å². The molecule has 0 aliphatic heterocycles. The Kier molecular flexibility index (Phi) is 2.94. The minimum Gasteiger partial charge on any atom is -0.282 e. The fourth-order valence-corrected chi connectivity index (χ4v) is 1.33.